The van der Waals surface area contributed by atoms with Gasteiger partial charge in [0, 0.05) is 25.4 Å². The molecule has 3 N–H and O–H groups in total. The molecular weight excluding hydrogens is 332 g/mol. The van der Waals surface area contributed by atoms with E-state index in [4.69, 9.17) is 0 Å². The summed E-state index contributed by atoms with van der Waals surface area (Å²) in [7, 11) is 1.52. The van der Waals surface area contributed by atoms with E-state index >= 15 is 0 Å². The number of aromatic amines is 1. The average molecular weight is 352 g/mol. The van der Waals surface area contributed by atoms with Crippen LogP contribution in [0, 0.1) is 6.92 Å². The van der Waals surface area contributed by atoms with Gasteiger partial charge in [-0.2, -0.15) is 10.2 Å². The fourth-order valence-corrected chi connectivity index (χ4v) is 2.46. The monoisotopic (exact) mass is 352 g/mol. The number of H-pyrrole nitrogens is 1. The number of hydrogen-bond acceptors (Lipinski definition) is 4. The summed E-state index contributed by atoms with van der Waals surface area (Å²) in [5.74, 6) is -0.755. The molecule has 0 saturated carbocycles. The minimum atomic E-state index is -0.392. The lowest BCUT2D eigenvalue weighted by molar-refractivity contribution is 0.0958. The Bertz CT molecular complexity index is 939. The Labute approximate surface area is 150 Å². The molecule has 0 saturated heterocycles. The Hall–Kier alpha value is -3.42. The predicted molar refractivity (Wildman–Crippen MR) is 98.0 cm³/mol. The number of nitrogens with one attached hydrogen (secondary N) is 3. The Balaban J connectivity index is 1.82. The van der Waals surface area contributed by atoms with Crippen molar-refractivity contribution in [2.75, 3.05) is 12.4 Å². The first-order valence-corrected chi connectivity index (χ1v) is 8.25. The summed E-state index contributed by atoms with van der Waals surface area (Å²) in [6.07, 6.45) is 1.62. The van der Waals surface area contributed by atoms with Crippen LogP contribution in [0.5, 0.6) is 0 Å². The number of benzene rings is 1. The van der Waals surface area contributed by atoms with Gasteiger partial charge in [0.05, 0.1) is 11.4 Å². The van der Waals surface area contributed by atoms with Gasteiger partial charge in [0.25, 0.3) is 11.8 Å². The van der Waals surface area contributed by atoms with Gasteiger partial charge in [-0.15, -0.1) is 0 Å². The highest BCUT2D eigenvalue weighted by Crippen LogP contribution is 2.20. The van der Waals surface area contributed by atoms with Crippen LogP contribution in [-0.2, 0) is 6.54 Å². The first-order valence-electron chi connectivity index (χ1n) is 8.25. The maximum atomic E-state index is 12.5. The van der Waals surface area contributed by atoms with Crippen LogP contribution in [-0.4, -0.2) is 38.8 Å². The predicted octanol–water partition coefficient (Wildman–Crippen LogP) is 2.21. The maximum Gasteiger partial charge on any atom is 0.273 e. The van der Waals surface area contributed by atoms with Crippen molar-refractivity contribution in [1.82, 2.24) is 25.3 Å². The third-order valence-corrected chi connectivity index (χ3v) is 3.95. The van der Waals surface area contributed by atoms with E-state index in [2.05, 4.69) is 25.9 Å². The summed E-state index contributed by atoms with van der Waals surface area (Å²) in [5.41, 5.74) is 3.55. The highest BCUT2D eigenvalue weighted by Gasteiger charge is 2.19. The van der Waals surface area contributed by atoms with E-state index in [1.165, 1.54) is 7.05 Å². The number of nitrogens with zero attached hydrogens (tertiary/aromatic N) is 3. The van der Waals surface area contributed by atoms with E-state index in [1.807, 2.05) is 38.1 Å². The molecule has 134 valence electrons. The number of rotatable bonds is 5. The summed E-state index contributed by atoms with van der Waals surface area (Å²) < 4.78 is 1.59. The van der Waals surface area contributed by atoms with Crippen LogP contribution in [0.1, 0.15) is 33.5 Å². The molecule has 0 atom stereocenters. The minimum Gasteiger partial charge on any atom is -0.354 e. The molecule has 0 fully saturated rings. The van der Waals surface area contributed by atoms with Gasteiger partial charge in [0.2, 0.25) is 0 Å². The molecule has 0 unspecified atom stereocenters. The fourth-order valence-electron chi connectivity index (χ4n) is 2.46. The van der Waals surface area contributed by atoms with Crippen molar-refractivity contribution in [3.63, 3.8) is 0 Å². The number of carbonyl (C=O) groups is 2. The molecule has 0 aliphatic rings. The van der Waals surface area contributed by atoms with Crippen LogP contribution in [0.2, 0.25) is 0 Å². The third-order valence-electron chi connectivity index (χ3n) is 3.95. The van der Waals surface area contributed by atoms with Crippen molar-refractivity contribution in [2.45, 2.75) is 20.4 Å². The summed E-state index contributed by atoms with van der Waals surface area (Å²) in [6.45, 7) is 4.49. The van der Waals surface area contributed by atoms with Crippen LogP contribution in [0.4, 0.5) is 5.69 Å². The Morgan fingerprint density at radius 1 is 1.19 bits per heavy atom. The molecule has 2 heterocycles. The first-order chi connectivity index (χ1) is 12.5. The molecule has 0 bridgehead atoms. The standard InChI is InChI=1S/C18H20N6O2/c1-4-24-10-15(16(23-24)18(26)19-3)20-17(25)14-9-13(21-22-14)12-7-5-11(2)6-8-12/h5-10H,4H2,1-3H3,(H,19,26)(H,20,25)(H,21,22). The molecule has 8 heteroatoms. The van der Waals surface area contributed by atoms with Gasteiger partial charge in [0.1, 0.15) is 5.69 Å². The number of amides is 2. The topological polar surface area (TPSA) is 105 Å². The second kappa shape index (κ2) is 7.22. The molecule has 0 radical (unpaired) electrons. The number of carbonyl (C=O) groups excluding carboxylic acids is 2. The second-order valence-corrected chi connectivity index (χ2v) is 5.81. The molecule has 3 aromatic rings. The first kappa shape index (κ1) is 17.4. The summed E-state index contributed by atoms with van der Waals surface area (Å²) in [4.78, 5) is 24.5. The molecule has 26 heavy (non-hydrogen) atoms. The molecule has 0 spiro atoms. The van der Waals surface area contributed by atoms with Gasteiger partial charge in [0.15, 0.2) is 5.69 Å². The lowest BCUT2D eigenvalue weighted by Crippen LogP contribution is -2.21. The normalized spacial score (nSPS) is 10.6. The zero-order valence-corrected chi connectivity index (χ0v) is 14.8. The molecule has 1 aromatic carbocycles. The maximum absolute atomic E-state index is 12.5. The fraction of sp³-hybridized carbons (Fsp3) is 0.222. The molecular formula is C18H20N6O2. The Kier molecular flexibility index (Phi) is 4.83. The van der Waals surface area contributed by atoms with E-state index in [0.717, 1.165) is 11.1 Å². The van der Waals surface area contributed by atoms with Gasteiger partial charge in [-0.3, -0.25) is 19.4 Å². The van der Waals surface area contributed by atoms with E-state index in [0.29, 0.717) is 23.6 Å². The minimum absolute atomic E-state index is 0.168. The summed E-state index contributed by atoms with van der Waals surface area (Å²) in [6, 6.07) is 9.53. The summed E-state index contributed by atoms with van der Waals surface area (Å²) in [5, 5.41) is 16.3. The molecule has 2 amide bonds. The molecule has 3 rings (SSSR count). The Morgan fingerprint density at radius 3 is 2.58 bits per heavy atom. The third kappa shape index (κ3) is 3.49. The molecule has 8 nitrogen and oxygen atoms in total. The van der Waals surface area contributed by atoms with Gasteiger partial charge in [-0.1, -0.05) is 29.8 Å². The van der Waals surface area contributed by atoms with Gasteiger partial charge in [-0.25, -0.2) is 0 Å². The van der Waals surface area contributed by atoms with Crippen molar-refractivity contribution in [3.05, 3.63) is 53.5 Å². The lowest BCUT2D eigenvalue weighted by atomic mass is 10.1. The van der Waals surface area contributed by atoms with Crippen LogP contribution >= 0.6 is 0 Å². The van der Waals surface area contributed by atoms with Gasteiger partial charge in [-0.05, 0) is 19.9 Å². The van der Waals surface area contributed by atoms with Crippen molar-refractivity contribution in [3.8, 4) is 11.3 Å². The van der Waals surface area contributed by atoms with E-state index in [9.17, 15) is 9.59 Å². The quantitative estimate of drug-likeness (QED) is 0.655. The van der Waals surface area contributed by atoms with Crippen molar-refractivity contribution >= 4 is 17.5 Å². The van der Waals surface area contributed by atoms with Crippen LogP contribution in [0.25, 0.3) is 11.3 Å². The number of aryl methyl sites for hydroxylation is 2. The number of hydrogen-bond donors (Lipinski definition) is 3. The summed E-state index contributed by atoms with van der Waals surface area (Å²) >= 11 is 0. The van der Waals surface area contributed by atoms with Gasteiger partial charge < -0.3 is 10.6 Å². The van der Waals surface area contributed by atoms with Crippen molar-refractivity contribution in [2.24, 2.45) is 0 Å². The smallest absolute Gasteiger partial charge is 0.273 e. The van der Waals surface area contributed by atoms with Gasteiger partial charge >= 0.3 is 0 Å². The van der Waals surface area contributed by atoms with E-state index in [1.54, 1.807) is 16.9 Å². The van der Waals surface area contributed by atoms with Crippen LogP contribution < -0.4 is 10.6 Å². The highest BCUT2D eigenvalue weighted by atomic mass is 16.2. The molecule has 0 aliphatic heterocycles. The Morgan fingerprint density at radius 2 is 1.92 bits per heavy atom. The second-order valence-electron chi connectivity index (χ2n) is 5.81. The zero-order valence-electron chi connectivity index (χ0n) is 14.8. The molecule has 2 aromatic heterocycles. The van der Waals surface area contributed by atoms with Crippen molar-refractivity contribution < 1.29 is 9.59 Å². The van der Waals surface area contributed by atoms with Crippen LogP contribution in [0.15, 0.2) is 36.5 Å². The number of anilines is 1. The highest BCUT2D eigenvalue weighted by molar-refractivity contribution is 6.07. The lowest BCUT2D eigenvalue weighted by Gasteiger charge is -2.02. The molecule has 0 aliphatic carbocycles. The largest absolute Gasteiger partial charge is 0.354 e. The van der Waals surface area contributed by atoms with Crippen LogP contribution in [0.3, 0.4) is 0 Å². The number of aromatic nitrogens is 4. The van der Waals surface area contributed by atoms with E-state index < -0.39 is 5.91 Å². The zero-order chi connectivity index (χ0) is 18.7. The average Bonchev–Trinajstić information content (AvgIpc) is 3.29. The van der Waals surface area contributed by atoms with E-state index in [-0.39, 0.29) is 11.6 Å². The van der Waals surface area contributed by atoms with Crippen molar-refractivity contribution in [1.29, 1.82) is 0 Å². The SMILES string of the molecule is CCn1cc(NC(=O)c2cc(-c3ccc(C)cc3)n[nH]2)c(C(=O)NC)n1.